The summed E-state index contributed by atoms with van der Waals surface area (Å²) in [7, 11) is 1.75. The van der Waals surface area contributed by atoms with E-state index in [1.165, 1.54) is 4.90 Å². The first-order valence-corrected chi connectivity index (χ1v) is 10.5. The number of carbonyl (C=O) groups excluding carboxylic acids is 2. The maximum Gasteiger partial charge on any atom is 0.261 e. The van der Waals surface area contributed by atoms with E-state index in [-0.39, 0.29) is 17.9 Å². The molecule has 0 saturated heterocycles. The van der Waals surface area contributed by atoms with Crippen molar-refractivity contribution in [3.8, 4) is 0 Å². The van der Waals surface area contributed by atoms with Crippen LogP contribution in [0.3, 0.4) is 0 Å². The zero-order valence-corrected chi connectivity index (χ0v) is 18.0. The molecule has 7 heteroatoms. The van der Waals surface area contributed by atoms with Crippen molar-refractivity contribution in [3.05, 3.63) is 35.4 Å². The van der Waals surface area contributed by atoms with Crippen LogP contribution in [0.4, 0.5) is 0 Å². The molecule has 0 bridgehead atoms. The Kier molecular flexibility index (Phi) is 9.12. The van der Waals surface area contributed by atoms with Gasteiger partial charge in [0, 0.05) is 33.3 Å². The standard InChI is InChI=1S/C22H34N4O3/c1-5-29-19(16(2)3)12-14-25-22(23-4)24-13-8-9-15-26-20(27)17-10-6-7-11-18(17)21(26)28/h6-7,10-11,16,19H,5,8-9,12-15H2,1-4H3,(H2,23,24,25). The molecule has 2 rings (SSSR count). The number of ether oxygens (including phenoxy) is 1. The van der Waals surface area contributed by atoms with E-state index >= 15 is 0 Å². The molecule has 2 N–H and O–H groups in total. The molecule has 0 radical (unpaired) electrons. The van der Waals surface area contributed by atoms with Crippen LogP contribution >= 0.6 is 0 Å². The van der Waals surface area contributed by atoms with E-state index in [4.69, 9.17) is 4.74 Å². The minimum atomic E-state index is -0.190. The number of nitrogens with zero attached hydrogens (tertiary/aromatic N) is 2. The summed E-state index contributed by atoms with van der Waals surface area (Å²) in [4.78, 5) is 30.3. The minimum Gasteiger partial charge on any atom is -0.378 e. The number of rotatable bonds is 11. The summed E-state index contributed by atoms with van der Waals surface area (Å²) >= 11 is 0. The van der Waals surface area contributed by atoms with Crippen LogP contribution in [0.15, 0.2) is 29.3 Å². The highest BCUT2D eigenvalue weighted by molar-refractivity contribution is 6.21. The van der Waals surface area contributed by atoms with E-state index in [9.17, 15) is 9.59 Å². The van der Waals surface area contributed by atoms with Gasteiger partial charge in [-0.15, -0.1) is 0 Å². The van der Waals surface area contributed by atoms with Crippen molar-refractivity contribution in [1.29, 1.82) is 0 Å². The lowest BCUT2D eigenvalue weighted by Crippen LogP contribution is -2.40. The van der Waals surface area contributed by atoms with Gasteiger partial charge in [0.1, 0.15) is 0 Å². The Morgan fingerprint density at radius 2 is 1.69 bits per heavy atom. The molecule has 1 aromatic rings. The Balaban J connectivity index is 1.65. The Morgan fingerprint density at radius 3 is 2.24 bits per heavy atom. The summed E-state index contributed by atoms with van der Waals surface area (Å²) in [6.45, 7) is 9.03. The van der Waals surface area contributed by atoms with Crippen molar-refractivity contribution >= 4 is 17.8 Å². The topological polar surface area (TPSA) is 83.0 Å². The summed E-state index contributed by atoms with van der Waals surface area (Å²) in [5.74, 6) is 0.855. The lowest BCUT2D eigenvalue weighted by atomic mass is 10.0. The van der Waals surface area contributed by atoms with Crippen LogP contribution in [0.2, 0.25) is 0 Å². The van der Waals surface area contributed by atoms with Gasteiger partial charge in [0.15, 0.2) is 5.96 Å². The summed E-state index contributed by atoms with van der Waals surface area (Å²) < 4.78 is 5.76. The number of nitrogens with one attached hydrogen (secondary N) is 2. The van der Waals surface area contributed by atoms with Crippen LogP contribution < -0.4 is 10.6 Å². The second kappa shape index (κ2) is 11.6. The fraction of sp³-hybridized carbons (Fsp3) is 0.591. The molecule has 29 heavy (non-hydrogen) atoms. The molecule has 1 unspecified atom stereocenters. The van der Waals surface area contributed by atoms with E-state index in [1.807, 2.05) is 6.92 Å². The number of hydrogen-bond acceptors (Lipinski definition) is 4. The number of hydrogen-bond donors (Lipinski definition) is 2. The highest BCUT2D eigenvalue weighted by Gasteiger charge is 2.34. The van der Waals surface area contributed by atoms with E-state index in [2.05, 4.69) is 29.5 Å². The van der Waals surface area contributed by atoms with Crippen LogP contribution in [0, 0.1) is 5.92 Å². The van der Waals surface area contributed by atoms with Gasteiger partial charge in [-0.05, 0) is 44.2 Å². The second-order valence-corrected chi connectivity index (χ2v) is 7.47. The third kappa shape index (κ3) is 6.29. The second-order valence-electron chi connectivity index (χ2n) is 7.47. The third-order valence-electron chi connectivity index (χ3n) is 5.05. The molecule has 0 aromatic heterocycles. The van der Waals surface area contributed by atoms with Gasteiger partial charge in [-0.25, -0.2) is 0 Å². The molecule has 1 aromatic carbocycles. The molecule has 160 valence electrons. The van der Waals surface area contributed by atoms with Crippen molar-refractivity contribution in [3.63, 3.8) is 0 Å². The van der Waals surface area contributed by atoms with Gasteiger partial charge in [0.2, 0.25) is 0 Å². The van der Waals surface area contributed by atoms with Crippen molar-refractivity contribution in [2.45, 2.75) is 46.1 Å². The zero-order chi connectivity index (χ0) is 21.2. The molecule has 0 fully saturated rings. The van der Waals surface area contributed by atoms with E-state index in [0.717, 1.165) is 44.9 Å². The molecule has 0 spiro atoms. The Hall–Kier alpha value is -2.41. The van der Waals surface area contributed by atoms with Crippen molar-refractivity contribution in [2.75, 3.05) is 33.3 Å². The first kappa shape index (κ1) is 22.9. The molecule has 1 atom stereocenters. The number of carbonyl (C=O) groups is 2. The third-order valence-corrected chi connectivity index (χ3v) is 5.05. The van der Waals surface area contributed by atoms with Gasteiger partial charge >= 0.3 is 0 Å². The van der Waals surface area contributed by atoms with E-state index in [1.54, 1.807) is 31.3 Å². The monoisotopic (exact) mass is 402 g/mol. The van der Waals surface area contributed by atoms with Gasteiger partial charge in [-0.3, -0.25) is 19.5 Å². The molecule has 1 aliphatic rings. The molecule has 2 amide bonds. The van der Waals surface area contributed by atoms with Crippen molar-refractivity contribution < 1.29 is 14.3 Å². The first-order valence-electron chi connectivity index (χ1n) is 10.5. The molecule has 1 heterocycles. The van der Waals surface area contributed by atoms with Crippen LogP contribution in [0.1, 0.15) is 60.7 Å². The van der Waals surface area contributed by atoms with Crippen LogP contribution in [0.25, 0.3) is 0 Å². The summed E-state index contributed by atoms with van der Waals surface area (Å²) in [5.41, 5.74) is 1.01. The predicted molar refractivity (Wildman–Crippen MR) is 115 cm³/mol. The smallest absolute Gasteiger partial charge is 0.261 e. The highest BCUT2D eigenvalue weighted by Crippen LogP contribution is 2.22. The summed E-state index contributed by atoms with van der Waals surface area (Å²) in [5, 5.41) is 6.59. The molecule has 0 aliphatic carbocycles. The molecule has 1 aliphatic heterocycles. The summed E-state index contributed by atoms with van der Waals surface area (Å²) in [6, 6.07) is 6.99. The number of guanidine groups is 1. The fourth-order valence-electron chi connectivity index (χ4n) is 3.42. The van der Waals surface area contributed by atoms with Gasteiger partial charge in [0.25, 0.3) is 11.8 Å². The largest absolute Gasteiger partial charge is 0.378 e. The van der Waals surface area contributed by atoms with E-state index < -0.39 is 0 Å². The zero-order valence-electron chi connectivity index (χ0n) is 18.0. The van der Waals surface area contributed by atoms with Crippen molar-refractivity contribution in [1.82, 2.24) is 15.5 Å². The maximum absolute atomic E-state index is 12.3. The summed E-state index contributed by atoms with van der Waals surface area (Å²) in [6.07, 6.45) is 2.74. The first-order chi connectivity index (χ1) is 14.0. The number of unbranched alkanes of at least 4 members (excludes halogenated alkanes) is 1. The Labute approximate surface area is 173 Å². The van der Waals surface area contributed by atoms with Crippen LogP contribution in [0.5, 0.6) is 0 Å². The fourth-order valence-corrected chi connectivity index (χ4v) is 3.42. The number of aliphatic imine (C=N–C) groups is 1. The molecule has 0 saturated carbocycles. The number of benzene rings is 1. The molecular formula is C22H34N4O3. The predicted octanol–water partition coefficient (Wildman–Crippen LogP) is 2.68. The van der Waals surface area contributed by atoms with Crippen LogP contribution in [-0.2, 0) is 4.74 Å². The molecule has 7 nitrogen and oxygen atoms in total. The Bertz CT molecular complexity index is 683. The Morgan fingerprint density at radius 1 is 1.07 bits per heavy atom. The lowest BCUT2D eigenvalue weighted by molar-refractivity contribution is 0.0258. The van der Waals surface area contributed by atoms with E-state index in [0.29, 0.717) is 23.6 Å². The van der Waals surface area contributed by atoms with Gasteiger partial charge in [-0.2, -0.15) is 0 Å². The minimum absolute atomic E-state index is 0.190. The SMILES string of the molecule is CCOC(CCNC(=NC)NCCCCN1C(=O)c2ccccc2C1=O)C(C)C. The lowest BCUT2D eigenvalue weighted by Gasteiger charge is -2.21. The van der Waals surface area contributed by atoms with Gasteiger partial charge < -0.3 is 15.4 Å². The van der Waals surface area contributed by atoms with Crippen LogP contribution in [-0.4, -0.2) is 62.1 Å². The average Bonchev–Trinajstić information content (AvgIpc) is 2.96. The molecular weight excluding hydrogens is 368 g/mol. The quantitative estimate of drug-likeness (QED) is 0.257. The number of amides is 2. The normalized spacial score (nSPS) is 15.1. The number of imide groups is 1. The maximum atomic E-state index is 12.3. The van der Waals surface area contributed by atoms with Gasteiger partial charge in [-0.1, -0.05) is 26.0 Å². The van der Waals surface area contributed by atoms with Crippen molar-refractivity contribution in [2.24, 2.45) is 10.9 Å². The highest BCUT2D eigenvalue weighted by atomic mass is 16.5. The average molecular weight is 403 g/mol. The van der Waals surface area contributed by atoms with Gasteiger partial charge in [0.05, 0.1) is 17.2 Å². The number of fused-ring (bicyclic) bond motifs is 1.